The van der Waals surface area contributed by atoms with Gasteiger partial charge in [-0.05, 0) is 23.8 Å². The Balaban J connectivity index is 2.00. The highest BCUT2D eigenvalue weighted by Gasteiger charge is 2.03. The molecule has 0 saturated heterocycles. The van der Waals surface area contributed by atoms with Crippen molar-refractivity contribution in [2.75, 3.05) is 6.61 Å². The summed E-state index contributed by atoms with van der Waals surface area (Å²) in [6, 6.07) is 10.4. The van der Waals surface area contributed by atoms with Gasteiger partial charge in [-0.25, -0.2) is 0 Å². The molecule has 102 valence electrons. The van der Waals surface area contributed by atoms with Crippen molar-refractivity contribution < 1.29 is 4.74 Å². The van der Waals surface area contributed by atoms with Gasteiger partial charge in [0.2, 0.25) is 0 Å². The summed E-state index contributed by atoms with van der Waals surface area (Å²) in [4.78, 5) is 0. The molecule has 0 aliphatic heterocycles. The van der Waals surface area contributed by atoms with Crippen LogP contribution in [0.2, 0.25) is 0 Å². The standard InChI is InChI=1S/C17H28O/c1-15(2)8-7-9-16(3)12-13-18-14-17-10-5-4-6-11-17/h4-6,10-11,15-16H,7-9,12-14H2,1-3H3. The molecular weight excluding hydrogens is 220 g/mol. The first kappa shape index (κ1) is 15.2. The Morgan fingerprint density at radius 2 is 1.67 bits per heavy atom. The minimum atomic E-state index is 0.750. The lowest BCUT2D eigenvalue weighted by atomic mass is 9.98. The molecule has 1 atom stereocenters. The predicted molar refractivity (Wildman–Crippen MR) is 78.6 cm³/mol. The Morgan fingerprint density at radius 3 is 2.33 bits per heavy atom. The number of ether oxygens (including phenoxy) is 1. The number of rotatable bonds is 9. The van der Waals surface area contributed by atoms with Crippen LogP contribution < -0.4 is 0 Å². The molecule has 1 unspecified atom stereocenters. The van der Waals surface area contributed by atoms with Crippen molar-refractivity contribution in [3.63, 3.8) is 0 Å². The Kier molecular flexibility index (Phi) is 7.75. The molecule has 0 aromatic heterocycles. The molecule has 0 aliphatic carbocycles. The van der Waals surface area contributed by atoms with Gasteiger partial charge in [0.05, 0.1) is 6.61 Å². The van der Waals surface area contributed by atoms with Crippen LogP contribution in [0.3, 0.4) is 0 Å². The van der Waals surface area contributed by atoms with E-state index in [4.69, 9.17) is 4.74 Å². The van der Waals surface area contributed by atoms with Gasteiger partial charge in [-0.15, -0.1) is 0 Å². The second kappa shape index (κ2) is 9.16. The van der Waals surface area contributed by atoms with Gasteiger partial charge < -0.3 is 4.74 Å². The molecule has 1 heteroatoms. The van der Waals surface area contributed by atoms with Gasteiger partial charge in [0, 0.05) is 6.61 Å². The highest BCUT2D eigenvalue weighted by atomic mass is 16.5. The minimum absolute atomic E-state index is 0.750. The van der Waals surface area contributed by atoms with Gasteiger partial charge in [-0.2, -0.15) is 0 Å². The molecule has 0 heterocycles. The van der Waals surface area contributed by atoms with Crippen LogP contribution in [-0.4, -0.2) is 6.61 Å². The number of hydrogen-bond acceptors (Lipinski definition) is 1. The molecule has 0 saturated carbocycles. The van der Waals surface area contributed by atoms with Crippen LogP contribution in [0, 0.1) is 11.8 Å². The fourth-order valence-corrected chi connectivity index (χ4v) is 2.07. The van der Waals surface area contributed by atoms with Crippen LogP contribution in [0.4, 0.5) is 0 Å². The monoisotopic (exact) mass is 248 g/mol. The number of benzene rings is 1. The first-order chi connectivity index (χ1) is 8.68. The van der Waals surface area contributed by atoms with Crippen LogP contribution in [0.5, 0.6) is 0 Å². The van der Waals surface area contributed by atoms with Crippen molar-refractivity contribution in [1.29, 1.82) is 0 Å². The van der Waals surface area contributed by atoms with E-state index in [0.717, 1.165) is 25.0 Å². The minimum Gasteiger partial charge on any atom is -0.377 e. The van der Waals surface area contributed by atoms with Crippen molar-refractivity contribution in [2.24, 2.45) is 11.8 Å². The van der Waals surface area contributed by atoms with E-state index >= 15 is 0 Å². The van der Waals surface area contributed by atoms with Crippen LogP contribution >= 0.6 is 0 Å². The summed E-state index contributed by atoms with van der Waals surface area (Å²) in [7, 11) is 0. The average molecular weight is 248 g/mol. The summed E-state index contributed by atoms with van der Waals surface area (Å²) in [6.45, 7) is 8.57. The van der Waals surface area contributed by atoms with E-state index in [9.17, 15) is 0 Å². The molecule has 0 aliphatic rings. The molecule has 0 N–H and O–H groups in total. The van der Waals surface area contributed by atoms with Crippen molar-refractivity contribution in [3.05, 3.63) is 35.9 Å². The van der Waals surface area contributed by atoms with Gasteiger partial charge in [-0.3, -0.25) is 0 Å². The van der Waals surface area contributed by atoms with Gasteiger partial charge in [-0.1, -0.05) is 70.4 Å². The second-order valence-corrected chi connectivity index (χ2v) is 5.76. The van der Waals surface area contributed by atoms with E-state index in [1.165, 1.54) is 31.2 Å². The predicted octanol–water partition coefficient (Wildman–Crippen LogP) is 5.06. The Bertz CT molecular complexity index is 292. The van der Waals surface area contributed by atoms with E-state index in [1.54, 1.807) is 0 Å². The zero-order valence-corrected chi connectivity index (χ0v) is 12.2. The molecule has 0 spiro atoms. The van der Waals surface area contributed by atoms with E-state index in [2.05, 4.69) is 45.0 Å². The van der Waals surface area contributed by atoms with Crippen LogP contribution in [0.1, 0.15) is 52.0 Å². The number of hydrogen-bond donors (Lipinski definition) is 0. The fraction of sp³-hybridized carbons (Fsp3) is 0.647. The third-order valence-electron chi connectivity index (χ3n) is 3.34. The van der Waals surface area contributed by atoms with Crippen LogP contribution in [0.15, 0.2) is 30.3 Å². The van der Waals surface area contributed by atoms with Crippen molar-refractivity contribution in [1.82, 2.24) is 0 Å². The molecule has 0 amide bonds. The lowest BCUT2D eigenvalue weighted by Crippen LogP contribution is -2.03. The van der Waals surface area contributed by atoms with E-state index in [0.29, 0.717) is 0 Å². The zero-order valence-electron chi connectivity index (χ0n) is 12.2. The molecule has 0 fully saturated rings. The normalized spacial score (nSPS) is 12.9. The van der Waals surface area contributed by atoms with Crippen molar-refractivity contribution >= 4 is 0 Å². The van der Waals surface area contributed by atoms with Crippen molar-refractivity contribution in [3.8, 4) is 0 Å². The Labute approximate surface area is 113 Å². The third-order valence-corrected chi connectivity index (χ3v) is 3.34. The third kappa shape index (κ3) is 7.50. The molecule has 1 nitrogen and oxygen atoms in total. The summed E-state index contributed by atoms with van der Waals surface area (Å²) >= 11 is 0. The maximum atomic E-state index is 5.72. The maximum Gasteiger partial charge on any atom is 0.0716 e. The molecule has 1 aromatic carbocycles. The summed E-state index contributed by atoms with van der Waals surface area (Å²) in [5.74, 6) is 1.63. The average Bonchev–Trinajstić information content (AvgIpc) is 2.35. The van der Waals surface area contributed by atoms with E-state index < -0.39 is 0 Å². The highest BCUT2D eigenvalue weighted by molar-refractivity contribution is 5.13. The van der Waals surface area contributed by atoms with Crippen LogP contribution in [-0.2, 0) is 11.3 Å². The molecule has 1 aromatic rings. The molecule has 1 rings (SSSR count). The van der Waals surface area contributed by atoms with Gasteiger partial charge in [0.15, 0.2) is 0 Å². The van der Waals surface area contributed by atoms with Crippen molar-refractivity contribution in [2.45, 2.75) is 53.1 Å². The topological polar surface area (TPSA) is 9.23 Å². The second-order valence-electron chi connectivity index (χ2n) is 5.76. The van der Waals surface area contributed by atoms with E-state index in [-0.39, 0.29) is 0 Å². The zero-order chi connectivity index (χ0) is 13.2. The summed E-state index contributed by atoms with van der Waals surface area (Å²) < 4.78 is 5.72. The Hall–Kier alpha value is -0.820. The molecular formula is C17H28O. The van der Waals surface area contributed by atoms with Gasteiger partial charge in [0.25, 0.3) is 0 Å². The molecule has 0 bridgehead atoms. The maximum absolute atomic E-state index is 5.72. The summed E-state index contributed by atoms with van der Waals surface area (Å²) in [5, 5.41) is 0. The quantitative estimate of drug-likeness (QED) is 0.555. The first-order valence-corrected chi connectivity index (χ1v) is 7.30. The summed E-state index contributed by atoms with van der Waals surface area (Å²) in [5.41, 5.74) is 1.27. The first-order valence-electron chi connectivity index (χ1n) is 7.30. The van der Waals surface area contributed by atoms with Gasteiger partial charge in [0.1, 0.15) is 0 Å². The largest absolute Gasteiger partial charge is 0.377 e. The molecule has 0 radical (unpaired) electrons. The van der Waals surface area contributed by atoms with Crippen LogP contribution in [0.25, 0.3) is 0 Å². The molecule has 18 heavy (non-hydrogen) atoms. The van der Waals surface area contributed by atoms with E-state index in [1.807, 2.05) is 6.07 Å². The highest BCUT2D eigenvalue weighted by Crippen LogP contribution is 2.15. The lowest BCUT2D eigenvalue weighted by molar-refractivity contribution is 0.107. The Morgan fingerprint density at radius 1 is 0.944 bits per heavy atom. The fourth-order valence-electron chi connectivity index (χ4n) is 2.07. The van der Waals surface area contributed by atoms with Gasteiger partial charge >= 0.3 is 0 Å². The smallest absolute Gasteiger partial charge is 0.0716 e. The summed E-state index contributed by atoms with van der Waals surface area (Å²) in [6.07, 6.45) is 5.24. The lowest BCUT2D eigenvalue weighted by Gasteiger charge is -2.12. The SMILES string of the molecule is CC(C)CCCC(C)CCOCc1ccccc1.